The number of fused-ring (bicyclic) bond motifs is 7. The fourth-order valence-corrected chi connectivity index (χ4v) is 10.6. The molecule has 12 aromatic rings. The van der Waals surface area contributed by atoms with Crippen LogP contribution in [0.5, 0.6) is 0 Å². The monoisotopic (exact) mass is 820 g/mol. The van der Waals surface area contributed by atoms with E-state index in [1.807, 2.05) is 11.3 Å². The second-order valence-corrected chi connectivity index (χ2v) is 17.3. The smallest absolute Gasteiger partial charge is 0.0707 e. The molecular formula is C60H40N2S. The molecule has 0 aliphatic carbocycles. The lowest BCUT2D eigenvalue weighted by molar-refractivity contribution is 1.02. The van der Waals surface area contributed by atoms with E-state index in [4.69, 9.17) is 4.98 Å². The molecule has 3 heteroatoms. The number of hydrogen-bond acceptors (Lipinski definition) is 2. The second-order valence-electron chi connectivity index (χ2n) is 16.3. The quantitative estimate of drug-likeness (QED) is 0.149. The summed E-state index contributed by atoms with van der Waals surface area (Å²) in [6, 6.07) is 83.6. The molecule has 0 fully saturated rings. The highest BCUT2D eigenvalue weighted by Gasteiger charge is 2.21. The molecule has 296 valence electrons. The third kappa shape index (κ3) is 6.62. The maximum Gasteiger partial charge on any atom is 0.0707 e. The van der Waals surface area contributed by atoms with Crippen LogP contribution in [-0.4, -0.2) is 9.55 Å². The Bertz CT molecular complexity index is 3570. The summed E-state index contributed by atoms with van der Waals surface area (Å²) in [5.74, 6) is 0. The minimum atomic E-state index is 0.634. The largest absolute Gasteiger partial charge is 0.307 e. The summed E-state index contributed by atoms with van der Waals surface area (Å²) >= 11 is 1.87. The van der Waals surface area contributed by atoms with Crippen LogP contribution in [0.15, 0.2) is 231 Å². The molecule has 12 rings (SSSR count). The maximum atomic E-state index is 5.73. The van der Waals surface area contributed by atoms with E-state index in [0.717, 1.165) is 22.6 Å². The van der Waals surface area contributed by atoms with E-state index in [1.54, 1.807) is 0 Å². The highest BCUT2D eigenvalue weighted by molar-refractivity contribution is 7.26. The lowest BCUT2D eigenvalue weighted by Gasteiger charge is -2.17. The van der Waals surface area contributed by atoms with Gasteiger partial charge in [-0.3, -0.25) is 4.98 Å². The third-order valence-electron chi connectivity index (χ3n) is 12.4. The number of nitrogens with zero attached hydrogens (tertiary/aromatic N) is 2. The first-order valence-corrected chi connectivity index (χ1v) is 22.4. The number of para-hydroxylation sites is 1. The lowest BCUT2D eigenvalue weighted by Crippen LogP contribution is -2.05. The fraction of sp³-hybridized carbons (Fsp3) is 0.0167. The molecule has 0 spiro atoms. The molecule has 0 saturated heterocycles. The molecule has 0 bridgehead atoms. The highest BCUT2D eigenvalue weighted by Crippen LogP contribution is 2.44. The number of hydrogen-bond donors (Lipinski definition) is 0. The lowest BCUT2D eigenvalue weighted by atomic mass is 9.92. The van der Waals surface area contributed by atoms with E-state index in [9.17, 15) is 0 Å². The van der Waals surface area contributed by atoms with Gasteiger partial charge in [0.15, 0.2) is 0 Å². The zero-order chi connectivity index (χ0) is 41.7. The molecule has 0 N–H and O–H groups in total. The van der Waals surface area contributed by atoms with Gasteiger partial charge in [-0.15, -0.1) is 11.3 Å². The Labute approximate surface area is 370 Å². The van der Waals surface area contributed by atoms with Crippen LogP contribution in [0.3, 0.4) is 0 Å². The van der Waals surface area contributed by atoms with Crippen molar-refractivity contribution in [3.8, 4) is 61.5 Å². The van der Waals surface area contributed by atoms with Gasteiger partial charge in [0.2, 0.25) is 0 Å². The van der Waals surface area contributed by atoms with Gasteiger partial charge in [-0.25, -0.2) is 0 Å². The summed E-state index contributed by atoms with van der Waals surface area (Å²) in [5, 5.41) is 5.17. The molecule has 2 nitrogen and oxygen atoms in total. The molecule has 0 radical (unpaired) electrons. The minimum absolute atomic E-state index is 0.634. The van der Waals surface area contributed by atoms with Crippen molar-refractivity contribution < 1.29 is 0 Å². The van der Waals surface area contributed by atoms with Crippen LogP contribution in [0.2, 0.25) is 0 Å². The Kier molecular flexibility index (Phi) is 9.13. The number of thiophene rings is 1. The normalized spacial score (nSPS) is 11.6. The van der Waals surface area contributed by atoms with Gasteiger partial charge >= 0.3 is 0 Å². The van der Waals surface area contributed by atoms with Gasteiger partial charge in [-0.1, -0.05) is 182 Å². The van der Waals surface area contributed by atoms with Crippen molar-refractivity contribution in [2.75, 3.05) is 0 Å². The summed E-state index contributed by atoms with van der Waals surface area (Å²) in [4.78, 5) is 5.73. The number of rotatable bonds is 8. The molecule has 0 saturated carbocycles. The van der Waals surface area contributed by atoms with Crippen LogP contribution in [0, 0.1) is 0 Å². The first-order chi connectivity index (χ1) is 31.2. The average molecular weight is 821 g/mol. The van der Waals surface area contributed by atoms with Crippen molar-refractivity contribution >= 4 is 53.3 Å². The Morgan fingerprint density at radius 2 is 0.952 bits per heavy atom. The SMILES string of the molecule is c1ccc(-c2cc(Cc3nc(-c4ccc(-c5ccccc5)c(-c5ccccc5)c4)ccc3-n3c4ccccc4c4c5c(ccc43)sc3ccccc35)cc(-c3ccccc3)c2)cc1. The van der Waals surface area contributed by atoms with Gasteiger partial charge in [-0.05, 0) is 98.6 Å². The summed E-state index contributed by atoms with van der Waals surface area (Å²) in [6.45, 7) is 0. The van der Waals surface area contributed by atoms with Gasteiger partial charge in [-0.2, -0.15) is 0 Å². The van der Waals surface area contributed by atoms with Gasteiger partial charge in [0.05, 0.1) is 28.1 Å². The van der Waals surface area contributed by atoms with Gasteiger partial charge in [0.1, 0.15) is 0 Å². The molecule has 3 aromatic heterocycles. The van der Waals surface area contributed by atoms with E-state index >= 15 is 0 Å². The molecule has 63 heavy (non-hydrogen) atoms. The van der Waals surface area contributed by atoms with Crippen molar-refractivity contribution in [3.63, 3.8) is 0 Å². The average Bonchev–Trinajstić information content (AvgIpc) is 3.90. The molecule has 3 heterocycles. The van der Waals surface area contributed by atoms with E-state index < -0.39 is 0 Å². The zero-order valence-corrected chi connectivity index (χ0v) is 35.3. The van der Waals surface area contributed by atoms with Crippen molar-refractivity contribution in [2.45, 2.75) is 6.42 Å². The van der Waals surface area contributed by atoms with Crippen LogP contribution in [0.1, 0.15) is 11.3 Å². The Morgan fingerprint density at radius 1 is 0.365 bits per heavy atom. The number of benzene rings is 9. The first kappa shape index (κ1) is 37.0. The minimum Gasteiger partial charge on any atom is -0.307 e. The van der Waals surface area contributed by atoms with Crippen LogP contribution in [0.25, 0.3) is 103 Å². The third-order valence-corrected chi connectivity index (χ3v) is 13.6. The number of aromatic nitrogens is 2. The Balaban J connectivity index is 1.10. The number of pyridine rings is 1. The predicted octanol–water partition coefficient (Wildman–Crippen LogP) is 16.5. The summed E-state index contributed by atoms with van der Waals surface area (Å²) in [7, 11) is 0. The van der Waals surface area contributed by atoms with Crippen molar-refractivity contribution in [1.29, 1.82) is 0 Å². The molecule has 0 aliphatic rings. The van der Waals surface area contributed by atoms with Crippen molar-refractivity contribution in [3.05, 3.63) is 242 Å². The Morgan fingerprint density at radius 3 is 1.63 bits per heavy atom. The molecule has 0 unspecified atom stereocenters. The molecule has 9 aromatic carbocycles. The molecule has 0 atom stereocenters. The van der Waals surface area contributed by atoms with E-state index in [2.05, 4.69) is 235 Å². The second kappa shape index (κ2) is 15.6. The Hall–Kier alpha value is -7.85. The van der Waals surface area contributed by atoms with E-state index in [1.165, 1.54) is 92.0 Å². The van der Waals surface area contributed by atoms with E-state index in [-0.39, 0.29) is 0 Å². The highest BCUT2D eigenvalue weighted by atomic mass is 32.1. The summed E-state index contributed by atoms with van der Waals surface area (Å²) in [6.07, 6.45) is 0.634. The zero-order valence-electron chi connectivity index (χ0n) is 34.4. The van der Waals surface area contributed by atoms with Crippen molar-refractivity contribution in [2.24, 2.45) is 0 Å². The first-order valence-electron chi connectivity index (χ1n) is 21.6. The topological polar surface area (TPSA) is 17.8 Å². The van der Waals surface area contributed by atoms with E-state index in [0.29, 0.717) is 6.42 Å². The summed E-state index contributed by atoms with van der Waals surface area (Å²) in [5.41, 5.74) is 17.2. The van der Waals surface area contributed by atoms with Gasteiger partial charge in [0, 0.05) is 42.9 Å². The molecule has 0 amide bonds. The van der Waals surface area contributed by atoms with Crippen LogP contribution >= 0.6 is 11.3 Å². The molecular weight excluding hydrogens is 781 g/mol. The van der Waals surface area contributed by atoms with Crippen LogP contribution < -0.4 is 0 Å². The fourth-order valence-electron chi connectivity index (χ4n) is 9.53. The molecule has 0 aliphatic heterocycles. The van der Waals surface area contributed by atoms with Gasteiger partial charge in [0.25, 0.3) is 0 Å². The van der Waals surface area contributed by atoms with Crippen LogP contribution in [0.4, 0.5) is 0 Å². The standard InChI is InChI=1S/C60H40N2S/c1-5-17-41(18-6-1)46-35-40(36-47(38-46)42-19-7-2-8-20-42)37-53-55(62-54-27-15-13-25-49(54)59-56(62)33-34-58-60(59)50-26-14-16-28-57(50)63-58)32-31-52(61-53)45-29-30-48(43-21-9-3-10-22-43)51(39-45)44-23-11-4-12-24-44/h1-36,38-39H,37H2. The predicted molar refractivity (Wildman–Crippen MR) is 268 cm³/mol. The van der Waals surface area contributed by atoms with Crippen molar-refractivity contribution in [1.82, 2.24) is 9.55 Å². The van der Waals surface area contributed by atoms with Gasteiger partial charge < -0.3 is 4.57 Å². The maximum absolute atomic E-state index is 5.73. The summed E-state index contributed by atoms with van der Waals surface area (Å²) < 4.78 is 5.08. The van der Waals surface area contributed by atoms with Crippen LogP contribution in [-0.2, 0) is 6.42 Å².